The molecular weight excluding hydrogens is 288 g/mol. The fourth-order valence-electron chi connectivity index (χ4n) is 1.56. The number of ether oxygens (including phenoxy) is 2. The molecule has 1 aromatic carbocycles. The Bertz CT molecular complexity index is 570. The molecule has 0 aliphatic carbocycles. The van der Waals surface area contributed by atoms with Crippen molar-refractivity contribution in [2.45, 2.75) is 30.8 Å². The molecule has 114 valence electrons. The molecule has 1 aromatic rings. The third-order valence-electron chi connectivity index (χ3n) is 2.69. The fourth-order valence-corrected chi connectivity index (χ4v) is 2.64. The van der Waals surface area contributed by atoms with Crippen molar-refractivity contribution < 1.29 is 17.9 Å². The monoisotopic (exact) mass is 308 g/mol. The van der Waals surface area contributed by atoms with E-state index in [0.29, 0.717) is 19.4 Å². The summed E-state index contributed by atoms with van der Waals surface area (Å²) in [4.78, 5) is 0.252. The van der Waals surface area contributed by atoms with Crippen LogP contribution in [-0.2, 0) is 19.3 Å². The van der Waals surface area contributed by atoms with Gasteiger partial charge in [-0.15, -0.1) is 12.3 Å². The van der Waals surface area contributed by atoms with E-state index in [1.807, 2.05) is 6.92 Å². The Hall–Kier alpha value is -1.61. The quantitative estimate of drug-likeness (QED) is 0.400. The number of benzene rings is 1. The molecule has 0 bridgehead atoms. The molecule has 0 saturated heterocycles. The van der Waals surface area contributed by atoms with E-state index in [4.69, 9.17) is 15.9 Å². The van der Waals surface area contributed by atoms with Gasteiger partial charge in [0.25, 0.3) is 0 Å². The van der Waals surface area contributed by atoms with E-state index in [2.05, 4.69) is 5.92 Å². The second kappa shape index (κ2) is 9.35. The average molecular weight is 308 g/mol. The van der Waals surface area contributed by atoms with Gasteiger partial charge in [0, 0.05) is 18.4 Å². The second-order valence-electron chi connectivity index (χ2n) is 4.25. The molecule has 4 nitrogen and oxygen atoms in total. The highest BCUT2D eigenvalue weighted by Crippen LogP contribution is 2.13. The maximum absolute atomic E-state index is 12.1. The molecule has 0 aliphatic heterocycles. The zero-order chi connectivity index (χ0) is 15.6. The van der Waals surface area contributed by atoms with Crippen LogP contribution in [0.25, 0.3) is 0 Å². The van der Waals surface area contributed by atoms with Crippen molar-refractivity contribution in [3.63, 3.8) is 0 Å². The van der Waals surface area contributed by atoms with Crippen LogP contribution in [0.1, 0.15) is 19.8 Å². The number of terminal acetylenes is 1. The number of hydrogen-bond acceptors (Lipinski definition) is 4. The van der Waals surface area contributed by atoms with Gasteiger partial charge in [0.1, 0.15) is 6.79 Å². The molecule has 5 heteroatoms. The van der Waals surface area contributed by atoms with Crippen molar-refractivity contribution in [2.24, 2.45) is 0 Å². The van der Waals surface area contributed by atoms with Crippen LogP contribution >= 0.6 is 0 Å². The summed E-state index contributed by atoms with van der Waals surface area (Å²) in [6.45, 7) is 2.50. The van der Waals surface area contributed by atoms with Crippen LogP contribution in [0.2, 0.25) is 0 Å². The molecule has 0 fully saturated rings. The van der Waals surface area contributed by atoms with Gasteiger partial charge in [0.15, 0.2) is 9.84 Å². The Balaban J connectivity index is 2.74. The molecular formula is C16H20O4S. The minimum atomic E-state index is -3.46. The number of sulfone groups is 1. The van der Waals surface area contributed by atoms with Gasteiger partial charge in [-0.2, -0.15) is 0 Å². The topological polar surface area (TPSA) is 52.6 Å². The van der Waals surface area contributed by atoms with E-state index in [0.717, 1.165) is 5.41 Å². The molecule has 1 unspecified atom stereocenters. The van der Waals surface area contributed by atoms with Crippen LogP contribution in [0.15, 0.2) is 46.7 Å². The largest absolute Gasteiger partial charge is 0.356 e. The Morgan fingerprint density at radius 2 is 2.05 bits per heavy atom. The maximum atomic E-state index is 12.1. The minimum Gasteiger partial charge on any atom is -0.356 e. The van der Waals surface area contributed by atoms with Crippen molar-refractivity contribution in [1.82, 2.24) is 0 Å². The van der Waals surface area contributed by atoms with Crippen molar-refractivity contribution in [3.05, 3.63) is 41.8 Å². The van der Waals surface area contributed by atoms with E-state index >= 15 is 0 Å². The minimum absolute atomic E-state index is 0.113. The normalized spacial score (nSPS) is 13.1. The predicted octanol–water partition coefficient (Wildman–Crippen LogP) is 2.77. The zero-order valence-electron chi connectivity index (χ0n) is 12.1. The van der Waals surface area contributed by atoms with Crippen molar-refractivity contribution in [3.8, 4) is 12.3 Å². The molecule has 0 N–H and O–H groups in total. The number of hydrogen-bond donors (Lipinski definition) is 0. The van der Waals surface area contributed by atoms with E-state index in [1.54, 1.807) is 30.3 Å². The van der Waals surface area contributed by atoms with Gasteiger partial charge in [-0.3, -0.25) is 0 Å². The Labute approximate surface area is 126 Å². The lowest BCUT2D eigenvalue weighted by Crippen LogP contribution is -2.13. The molecule has 0 aromatic heterocycles. The van der Waals surface area contributed by atoms with Crippen molar-refractivity contribution >= 4 is 9.84 Å². The van der Waals surface area contributed by atoms with Gasteiger partial charge >= 0.3 is 0 Å². The second-order valence-corrected chi connectivity index (χ2v) is 6.08. The Kier molecular flexibility index (Phi) is 7.76. The average Bonchev–Trinajstić information content (AvgIpc) is 2.50. The first-order valence-electron chi connectivity index (χ1n) is 6.71. The molecule has 0 amide bonds. The Morgan fingerprint density at radius 3 is 2.67 bits per heavy atom. The Morgan fingerprint density at radius 1 is 1.33 bits per heavy atom. The standard InChI is InChI=1S/C16H20O4S/c1-3-5-9-15(20-14-19-4-2)12-13-21(17,18)16-10-7-6-8-11-16/h1,6-8,10-13,15H,4-5,9,14H2,2H3/b13-12+. The summed E-state index contributed by atoms with van der Waals surface area (Å²) in [6, 6.07) is 8.24. The van der Waals surface area contributed by atoms with Gasteiger partial charge < -0.3 is 9.47 Å². The van der Waals surface area contributed by atoms with Crippen LogP contribution in [0.3, 0.4) is 0 Å². The van der Waals surface area contributed by atoms with Crippen LogP contribution in [0.4, 0.5) is 0 Å². The summed E-state index contributed by atoms with van der Waals surface area (Å²) in [5, 5.41) is 1.16. The number of rotatable bonds is 9. The highest BCUT2D eigenvalue weighted by molar-refractivity contribution is 7.94. The molecule has 0 radical (unpaired) electrons. The lowest BCUT2D eigenvalue weighted by molar-refractivity contribution is -0.0729. The van der Waals surface area contributed by atoms with E-state index < -0.39 is 9.84 Å². The first kappa shape index (κ1) is 17.4. The lowest BCUT2D eigenvalue weighted by Gasteiger charge is -2.12. The SMILES string of the molecule is C#CCCC(/C=C/S(=O)(=O)c1ccccc1)OCOCC. The first-order chi connectivity index (χ1) is 10.1. The molecule has 21 heavy (non-hydrogen) atoms. The van der Waals surface area contributed by atoms with Gasteiger partial charge in [-0.1, -0.05) is 18.2 Å². The van der Waals surface area contributed by atoms with Gasteiger partial charge in [0.2, 0.25) is 0 Å². The predicted molar refractivity (Wildman–Crippen MR) is 82.2 cm³/mol. The van der Waals surface area contributed by atoms with Gasteiger partial charge in [0.05, 0.1) is 11.0 Å². The molecule has 0 saturated carbocycles. The molecule has 0 spiro atoms. The molecule has 0 heterocycles. The molecule has 1 atom stereocenters. The van der Waals surface area contributed by atoms with E-state index in [9.17, 15) is 8.42 Å². The highest BCUT2D eigenvalue weighted by Gasteiger charge is 2.11. The van der Waals surface area contributed by atoms with Gasteiger partial charge in [-0.25, -0.2) is 8.42 Å². The van der Waals surface area contributed by atoms with Crippen LogP contribution in [0.5, 0.6) is 0 Å². The summed E-state index contributed by atoms with van der Waals surface area (Å²) < 4.78 is 34.8. The fraction of sp³-hybridized carbons (Fsp3) is 0.375. The lowest BCUT2D eigenvalue weighted by atomic mass is 10.2. The summed E-state index contributed by atoms with van der Waals surface area (Å²) in [7, 11) is -3.46. The van der Waals surface area contributed by atoms with E-state index in [-0.39, 0.29) is 17.8 Å². The molecule has 0 aliphatic rings. The van der Waals surface area contributed by atoms with Crippen molar-refractivity contribution in [1.29, 1.82) is 0 Å². The van der Waals surface area contributed by atoms with Crippen molar-refractivity contribution in [2.75, 3.05) is 13.4 Å². The van der Waals surface area contributed by atoms with Gasteiger partial charge in [-0.05, 0) is 31.6 Å². The molecule has 1 rings (SSSR count). The van der Waals surface area contributed by atoms with Crippen LogP contribution in [-0.4, -0.2) is 27.9 Å². The first-order valence-corrected chi connectivity index (χ1v) is 8.26. The summed E-state index contributed by atoms with van der Waals surface area (Å²) in [6.07, 6.45) is 7.41. The van der Waals surface area contributed by atoms with Crippen LogP contribution in [0, 0.1) is 12.3 Å². The summed E-state index contributed by atoms with van der Waals surface area (Å²) in [5.41, 5.74) is 0. The highest BCUT2D eigenvalue weighted by atomic mass is 32.2. The summed E-state index contributed by atoms with van der Waals surface area (Å²) >= 11 is 0. The van der Waals surface area contributed by atoms with E-state index in [1.165, 1.54) is 6.08 Å². The maximum Gasteiger partial charge on any atom is 0.199 e. The van der Waals surface area contributed by atoms with Crippen LogP contribution < -0.4 is 0 Å². The third-order valence-corrected chi connectivity index (χ3v) is 4.13. The summed E-state index contributed by atoms with van der Waals surface area (Å²) in [5.74, 6) is 2.51. The smallest absolute Gasteiger partial charge is 0.199 e. The zero-order valence-corrected chi connectivity index (χ0v) is 12.9. The third kappa shape index (κ3) is 6.58.